The Balaban J connectivity index is 2.89. The molecule has 0 aliphatic carbocycles. The number of hydrogen-bond acceptors (Lipinski definition) is 6. The van der Waals surface area contributed by atoms with Crippen molar-refractivity contribution in [3.8, 4) is 0 Å². The Bertz CT molecular complexity index is 386. The van der Waals surface area contributed by atoms with Gasteiger partial charge < -0.3 is 14.6 Å². The van der Waals surface area contributed by atoms with E-state index in [-0.39, 0.29) is 13.0 Å². The number of rotatable bonds is 2. The van der Waals surface area contributed by atoms with Crippen LogP contribution in [0.4, 0.5) is 4.79 Å². The smallest absolute Gasteiger partial charge is 0.417 e. The molecular formula is C12H19NO6. The third-order valence-corrected chi connectivity index (χ3v) is 2.43. The van der Waals surface area contributed by atoms with Gasteiger partial charge in [0.1, 0.15) is 17.7 Å². The van der Waals surface area contributed by atoms with Crippen LogP contribution in [0, 0.1) is 0 Å². The lowest BCUT2D eigenvalue weighted by molar-refractivity contribution is -0.151. The summed E-state index contributed by atoms with van der Waals surface area (Å²) in [5, 5.41) is 9.50. The molecule has 0 radical (unpaired) electrons. The van der Waals surface area contributed by atoms with E-state index in [4.69, 9.17) is 9.47 Å². The maximum Gasteiger partial charge on any atom is 0.417 e. The van der Waals surface area contributed by atoms with E-state index in [2.05, 4.69) is 0 Å². The molecule has 2 atom stereocenters. The van der Waals surface area contributed by atoms with Crippen molar-refractivity contribution in [3.05, 3.63) is 0 Å². The SMILES string of the molecule is CCOC(=O)[C@@H]1CC(O)C(=O)N1C(=O)OC(C)(C)C. The Hall–Kier alpha value is -1.63. The van der Waals surface area contributed by atoms with Gasteiger partial charge >= 0.3 is 12.1 Å². The Morgan fingerprint density at radius 1 is 1.42 bits per heavy atom. The maximum atomic E-state index is 11.9. The molecule has 1 aliphatic heterocycles. The molecule has 0 aromatic rings. The number of hydrogen-bond donors (Lipinski definition) is 1. The summed E-state index contributed by atoms with van der Waals surface area (Å²) in [5.41, 5.74) is -0.801. The van der Waals surface area contributed by atoms with Crippen LogP contribution in [0.2, 0.25) is 0 Å². The number of ether oxygens (including phenoxy) is 2. The van der Waals surface area contributed by atoms with E-state index < -0.39 is 35.7 Å². The van der Waals surface area contributed by atoms with Crippen molar-refractivity contribution >= 4 is 18.0 Å². The average molecular weight is 273 g/mol. The minimum atomic E-state index is -1.39. The van der Waals surface area contributed by atoms with Gasteiger partial charge in [0.05, 0.1) is 6.61 Å². The van der Waals surface area contributed by atoms with Crippen LogP contribution < -0.4 is 0 Å². The van der Waals surface area contributed by atoms with Crippen molar-refractivity contribution in [1.82, 2.24) is 4.90 Å². The molecule has 108 valence electrons. The van der Waals surface area contributed by atoms with E-state index in [1.807, 2.05) is 0 Å². The number of imide groups is 1. The summed E-state index contributed by atoms with van der Waals surface area (Å²) in [6, 6.07) is -1.13. The highest BCUT2D eigenvalue weighted by molar-refractivity contribution is 6.01. The molecule has 1 aliphatic rings. The largest absolute Gasteiger partial charge is 0.464 e. The minimum absolute atomic E-state index is 0.127. The molecule has 1 saturated heterocycles. The minimum Gasteiger partial charge on any atom is -0.464 e. The van der Waals surface area contributed by atoms with E-state index in [1.54, 1.807) is 27.7 Å². The van der Waals surface area contributed by atoms with Crippen LogP contribution in [-0.2, 0) is 19.1 Å². The highest BCUT2D eigenvalue weighted by Crippen LogP contribution is 2.23. The second-order valence-electron chi connectivity index (χ2n) is 5.21. The fourth-order valence-corrected chi connectivity index (χ4v) is 1.70. The monoisotopic (exact) mass is 273 g/mol. The summed E-state index contributed by atoms with van der Waals surface area (Å²) in [4.78, 5) is 35.9. The number of nitrogens with zero attached hydrogens (tertiary/aromatic N) is 1. The molecule has 1 N–H and O–H groups in total. The molecule has 2 amide bonds. The lowest BCUT2D eigenvalue weighted by Crippen LogP contribution is -2.46. The van der Waals surface area contributed by atoms with Crippen molar-refractivity contribution < 1.29 is 29.0 Å². The molecule has 7 heteroatoms. The normalized spacial score (nSPS) is 23.4. The van der Waals surface area contributed by atoms with Crippen molar-refractivity contribution in [1.29, 1.82) is 0 Å². The Labute approximate surface area is 111 Å². The summed E-state index contributed by atoms with van der Waals surface area (Å²) < 4.78 is 9.83. The molecule has 1 heterocycles. The highest BCUT2D eigenvalue weighted by Gasteiger charge is 2.48. The van der Waals surface area contributed by atoms with Gasteiger partial charge in [-0.1, -0.05) is 0 Å². The fourth-order valence-electron chi connectivity index (χ4n) is 1.70. The average Bonchev–Trinajstić information content (AvgIpc) is 2.53. The van der Waals surface area contributed by atoms with Gasteiger partial charge in [0.15, 0.2) is 0 Å². The highest BCUT2D eigenvalue weighted by atomic mass is 16.6. The number of aliphatic hydroxyl groups is 1. The van der Waals surface area contributed by atoms with Gasteiger partial charge in [-0.3, -0.25) is 4.79 Å². The predicted molar refractivity (Wildman–Crippen MR) is 64.1 cm³/mol. The third kappa shape index (κ3) is 3.66. The second-order valence-corrected chi connectivity index (χ2v) is 5.21. The maximum absolute atomic E-state index is 11.9. The van der Waals surface area contributed by atoms with E-state index in [0.29, 0.717) is 4.90 Å². The van der Waals surface area contributed by atoms with Crippen molar-refractivity contribution in [3.63, 3.8) is 0 Å². The molecule has 0 saturated carbocycles. The number of amides is 2. The third-order valence-electron chi connectivity index (χ3n) is 2.43. The molecule has 0 bridgehead atoms. The molecule has 1 fully saturated rings. The summed E-state index contributed by atoms with van der Waals surface area (Å²) in [7, 11) is 0. The van der Waals surface area contributed by atoms with Crippen molar-refractivity contribution in [2.75, 3.05) is 6.61 Å². The van der Waals surface area contributed by atoms with Gasteiger partial charge in [0, 0.05) is 6.42 Å². The van der Waals surface area contributed by atoms with E-state index in [0.717, 1.165) is 0 Å². The van der Waals surface area contributed by atoms with Crippen LogP contribution in [0.1, 0.15) is 34.1 Å². The van der Waals surface area contributed by atoms with Crippen LogP contribution in [0.3, 0.4) is 0 Å². The van der Waals surface area contributed by atoms with E-state index >= 15 is 0 Å². The number of aliphatic hydroxyl groups excluding tert-OH is 1. The second kappa shape index (κ2) is 5.56. The predicted octanol–water partition coefficient (Wildman–Crippen LogP) is 0.446. The van der Waals surface area contributed by atoms with Crippen LogP contribution in [0.25, 0.3) is 0 Å². The zero-order valence-electron chi connectivity index (χ0n) is 11.5. The zero-order valence-corrected chi connectivity index (χ0v) is 11.5. The van der Waals surface area contributed by atoms with Gasteiger partial charge in [-0.2, -0.15) is 0 Å². The van der Waals surface area contributed by atoms with Gasteiger partial charge in [0.2, 0.25) is 0 Å². The Morgan fingerprint density at radius 3 is 2.47 bits per heavy atom. The molecule has 1 rings (SSSR count). The van der Waals surface area contributed by atoms with Crippen LogP contribution in [-0.4, -0.2) is 52.3 Å². The quantitative estimate of drug-likeness (QED) is 0.734. The lowest BCUT2D eigenvalue weighted by atomic mass is 10.2. The first kappa shape index (κ1) is 15.4. The van der Waals surface area contributed by atoms with Crippen molar-refractivity contribution in [2.24, 2.45) is 0 Å². The van der Waals surface area contributed by atoms with Gasteiger partial charge in [-0.15, -0.1) is 0 Å². The molecule has 7 nitrogen and oxygen atoms in total. The number of esters is 1. The first-order valence-electron chi connectivity index (χ1n) is 6.08. The van der Waals surface area contributed by atoms with Crippen molar-refractivity contribution in [2.45, 2.75) is 51.9 Å². The Kier molecular flexibility index (Phi) is 4.52. The molecule has 0 aromatic carbocycles. The van der Waals surface area contributed by atoms with Crippen LogP contribution in [0.5, 0.6) is 0 Å². The topological polar surface area (TPSA) is 93.1 Å². The van der Waals surface area contributed by atoms with Gasteiger partial charge in [-0.05, 0) is 27.7 Å². The number of carbonyl (C=O) groups excluding carboxylic acids is 3. The molecule has 1 unspecified atom stereocenters. The lowest BCUT2D eigenvalue weighted by Gasteiger charge is -2.26. The summed E-state index contributed by atoms with van der Waals surface area (Å²) in [6.07, 6.45) is -2.51. The first-order valence-corrected chi connectivity index (χ1v) is 6.08. The zero-order chi connectivity index (χ0) is 14.8. The summed E-state index contributed by atoms with van der Waals surface area (Å²) in [6.45, 7) is 6.66. The standard InChI is InChI=1S/C12H19NO6/c1-5-18-10(16)7-6-8(14)9(15)13(7)11(17)19-12(2,3)4/h7-8,14H,5-6H2,1-4H3/t7-,8?/m0/s1. The first-order chi connectivity index (χ1) is 8.67. The van der Waals surface area contributed by atoms with E-state index in [1.165, 1.54) is 0 Å². The summed E-state index contributed by atoms with van der Waals surface area (Å²) >= 11 is 0. The number of carbonyl (C=O) groups is 3. The van der Waals surface area contributed by atoms with Crippen LogP contribution in [0.15, 0.2) is 0 Å². The summed E-state index contributed by atoms with van der Waals surface area (Å²) in [5.74, 6) is -1.56. The van der Waals surface area contributed by atoms with Gasteiger partial charge in [0.25, 0.3) is 5.91 Å². The molecular weight excluding hydrogens is 254 g/mol. The van der Waals surface area contributed by atoms with Crippen LogP contribution >= 0.6 is 0 Å². The van der Waals surface area contributed by atoms with Gasteiger partial charge in [-0.25, -0.2) is 14.5 Å². The molecule has 0 aromatic heterocycles. The Morgan fingerprint density at radius 2 is 2.00 bits per heavy atom. The van der Waals surface area contributed by atoms with E-state index in [9.17, 15) is 19.5 Å². The fraction of sp³-hybridized carbons (Fsp3) is 0.750. The molecule has 19 heavy (non-hydrogen) atoms. The number of likely N-dealkylation sites (tertiary alicyclic amines) is 1. The molecule has 0 spiro atoms.